The Morgan fingerprint density at radius 3 is 2.21 bits per heavy atom. The molecule has 0 atom stereocenters. The molecule has 0 saturated heterocycles. The maximum Gasteiger partial charge on any atom is 0.194 e. The highest BCUT2D eigenvalue weighted by Gasteiger charge is 2.28. The summed E-state index contributed by atoms with van der Waals surface area (Å²) >= 11 is 0. The van der Waals surface area contributed by atoms with E-state index in [9.17, 15) is 0 Å². The summed E-state index contributed by atoms with van der Waals surface area (Å²) in [7, 11) is 0. The zero-order valence-electron chi connectivity index (χ0n) is 20.2. The zero-order valence-corrected chi connectivity index (χ0v) is 20.2. The molecule has 34 heavy (non-hydrogen) atoms. The molecule has 2 aromatic carbocycles. The Morgan fingerprint density at radius 1 is 1.00 bits per heavy atom. The predicted molar refractivity (Wildman–Crippen MR) is 134 cm³/mol. The molecule has 1 saturated carbocycles. The van der Waals surface area contributed by atoms with Crippen LogP contribution in [-0.4, -0.2) is 28.7 Å². The zero-order chi connectivity index (χ0) is 24.1. The summed E-state index contributed by atoms with van der Waals surface area (Å²) in [4.78, 5) is 8.67. The van der Waals surface area contributed by atoms with Crippen molar-refractivity contribution in [1.29, 1.82) is 0 Å². The number of aromatic nitrogens is 2. The van der Waals surface area contributed by atoms with Crippen LogP contribution < -0.4 is 15.2 Å². The largest absolute Gasteiger partial charge is 0.491 e. The molecule has 178 valence electrons. The highest BCUT2D eigenvalue weighted by molar-refractivity contribution is 5.49. The fourth-order valence-electron chi connectivity index (χ4n) is 3.99. The summed E-state index contributed by atoms with van der Waals surface area (Å²) in [5.41, 5.74) is 8.89. The van der Waals surface area contributed by atoms with Crippen LogP contribution in [0.1, 0.15) is 56.3 Å². The molecule has 0 aliphatic heterocycles. The second kappa shape index (κ2) is 10.3. The van der Waals surface area contributed by atoms with Crippen LogP contribution in [0.15, 0.2) is 67.4 Å². The van der Waals surface area contributed by atoms with Crippen molar-refractivity contribution >= 4 is 5.76 Å². The minimum Gasteiger partial charge on any atom is -0.491 e. The van der Waals surface area contributed by atoms with Gasteiger partial charge in [0.2, 0.25) is 0 Å². The third-order valence-corrected chi connectivity index (χ3v) is 6.25. The number of nitrogens with zero attached hydrogens (tertiary/aromatic N) is 2. The van der Waals surface area contributed by atoms with Crippen LogP contribution in [-0.2, 0) is 16.8 Å². The second-order valence-corrected chi connectivity index (χ2v) is 9.16. The van der Waals surface area contributed by atoms with Gasteiger partial charge in [-0.05, 0) is 61.2 Å². The van der Waals surface area contributed by atoms with Crippen molar-refractivity contribution in [2.24, 2.45) is 5.73 Å². The maximum atomic E-state index is 5.99. The van der Waals surface area contributed by atoms with Gasteiger partial charge in [-0.3, -0.25) is 0 Å². The summed E-state index contributed by atoms with van der Waals surface area (Å²) in [6.07, 6.45) is 3.80. The van der Waals surface area contributed by atoms with Gasteiger partial charge in [0.15, 0.2) is 11.6 Å². The van der Waals surface area contributed by atoms with Crippen molar-refractivity contribution in [3.05, 3.63) is 90.0 Å². The number of hydrogen-bond donors (Lipinski definition) is 1. The van der Waals surface area contributed by atoms with Crippen LogP contribution in [0.4, 0.5) is 0 Å². The van der Waals surface area contributed by atoms with E-state index in [0.717, 1.165) is 30.0 Å². The van der Waals surface area contributed by atoms with Crippen molar-refractivity contribution in [2.75, 3.05) is 6.61 Å². The van der Waals surface area contributed by atoms with E-state index >= 15 is 0 Å². The second-order valence-electron chi connectivity index (χ2n) is 9.16. The number of nitrogens with two attached hydrogens (primary N) is 1. The Labute approximate surface area is 201 Å². The fourth-order valence-corrected chi connectivity index (χ4v) is 3.99. The van der Waals surface area contributed by atoms with Gasteiger partial charge in [-0.15, -0.1) is 0 Å². The molecule has 3 aromatic rings. The summed E-state index contributed by atoms with van der Waals surface area (Å²) in [6.45, 7) is 11.1. The third-order valence-electron chi connectivity index (χ3n) is 6.25. The Balaban J connectivity index is 1.37. The van der Waals surface area contributed by atoms with Crippen molar-refractivity contribution in [3.63, 3.8) is 0 Å². The Kier molecular flexibility index (Phi) is 7.17. The molecule has 6 nitrogen and oxygen atoms in total. The number of benzene rings is 2. The summed E-state index contributed by atoms with van der Waals surface area (Å²) in [5.74, 6) is 2.62. The van der Waals surface area contributed by atoms with Gasteiger partial charge in [-0.1, -0.05) is 44.7 Å². The van der Waals surface area contributed by atoms with E-state index in [1.54, 1.807) is 6.20 Å². The summed E-state index contributed by atoms with van der Waals surface area (Å²) in [6, 6.07) is 18.7. The minimum absolute atomic E-state index is 0.156. The first-order valence-electron chi connectivity index (χ1n) is 11.7. The normalized spacial score (nSPS) is 17.5. The van der Waals surface area contributed by atoms with E-state index in [0.29, 0.717) is 24.8 Å². The maximum absolute atomic E-state index is 5.99. The summed E-state index contributed by atoms with van der Waals surface area (Å²) in [5, 5.41) is 0. The van der Waals surface area contributed by atoms with Crippen LogP contribution in [0.25, 0.3) is 5.76 Å². The lowest BCUT2D eigenvalue weighted by Crippen LogP contribution is -2.43. The molecule has 1 aliphatic carbocycles. The quantitative estimate of drug-likeness (QED) is 0.417. The molecule has 0 amide bonds. The van der Waals surface area contributed by atoms with E-state index < -0.39 is 0 Å². The highest BCUT2D eigenvalue weighted by Crippen LogP contribution is 2.34. The Morgan fingerprint density at radius 2 is 1.62 bits per heavy atom. The van der Waals surface area contributed by atoms with Gasteiger partial charge >= 0.3 is 0 Å². The standard InChI is InChI=1S/C28H33N3O3/c1-5-32-19(2)27-30-15-14-23(31-27)18-33-24-10-6-20(7-11-24)28(3,4)21-8-12-25(13-9-21)34-26-16-22(29)17-26/h6-15,22,26H,2,5,16-18,29H2,1,3-4H3. The lowest BCUT2D eigenvalue weighted by molar-refractivity contribution is 0.101. The van der Waals surface area contributed by atoms with Gasteiger partial charge in [-0.2, -0.15) is 0 Å². The molecule has 0 spiro atoms. The number of ether oxygens (including phenoxy) is 3. The van der Waals surface area contributed by atoms with Crippen molar-refractivity contribution < 1.29 is 14.2 Å². The third kappa shape index (κ3) is 5.57. The van der Waals surface area contributed by atoms with Gasteiger partial charge in [0, 0.05) is 17.7 Å². The van der Waals surface area contributed by atoms with Gasteiger partial charge < -0.3 is 19.9 Å². The monoisotopic (exact) mass is 459 g/mol. The number of rotatable bonds is 10. The first-order chi connectivity index (χ1) is 16.3. The topological polar surface area (TPSA) is 79.5 Å². The molecule has 0 unspecified atom stereocenters. The molecule has 4 rings (SSSR count). The minimum atomic E-state index is -0.156. The SMILES string of the molecule is C=C(OCC)c1nccc(COc2ccc(C(C)(C)c3ccc(OC4CC(N)C4)cc3)cc2)n1. The fraction of sp³-hybridized carbons (Fsp3) is 0.357. The van der Waals surface area contributed by atoms with E-state index in [1.165, 1.54) is 11.1 Å². The summed E-state index contributed by atoms with van der Waals surface area (Å²) < 4.78 is 17.3. The van der Waals surface area contributed by atoms with E-state index in [4.69, 9.17) is 19.9 Å². The van der Waals surface area contributed by atoms with E-state index in [-0.39, 0.29) is 17.6 Å². The molecule has 1 aliphatic rings. The molecule has 2 N–H and O–H groups in total. The molecular weight excluding hydrogens is 426 g/mol. The van der Waals surface area contributed by atoms with Crippen LogP contribution in [0.3, 0.4) is 0 Å². The van der Waals surface area contributed by atoms with Gasteiger partial charge in [0.1, 0.15) is 24.2 Å². The first kappa shape index (κ1) is 23.8. The van der Waals surface area contributed by atoms with Crippen LogP contribution in [0.2, 0.25) is 0 Å². The molecule has 1 fully saturated rings. The van der Waals surface area contributed by atoms with E-state index in [1.807, 2.05) is 25.1 Å². The lowest BCUT2D eigenvalue weighted by Gasteiger charge is -2.33. The molecule has 6 heteroatoms. The lowest BCUT2D eigenvalue weighted by atomic mass is 9.78. The van der Waals surface area contributed by atoms with E-state index in [2.05, 4.69) is 66.8 Å². The smallest absolute Gasteiger partial charge is 0.194 e. The van der Waals surface area contributed by atoms with Gasteiger partial charge in [0.25, 0.3) is 0 Å². The Bertz CT molecular complexity index is 1100. The average molecular weight is 460 g/mol. The van der Waals surface area contributed by atoms with Crippen molar-refractivity contribution in [2.45, 2.75) is 57.8 Å². The van der Waals surface area contributed by atoms with Crippen LogP contribution >= 0.6 is 0 Å². The highest BCUT2D eigenvalue weighted by atomic mass is 16.5. The Hall–Kier alpha value is -3.38. The molecule has 1 heterocycles. The van der Waals surface area contributed by atoms with Gasteiger partial charge in [-0.25, -0.2) is 9.97 Å². The predicted octanol–water partition coefficient (Wildman–Crippen LogP) is 5.26. The first-order valence-corrected chi connectivity index (χ1v) is 11.7. The van der Waals surface area contributed by atoms with Crippen molar-refractivity contribution in [3.8, 4) is 11.5 Å². The van der Waals surface area contributed by atoms with Crippen LogP contribution in [0.5, 0.6) is 11.5 Å². The van der Waals surface area contributed by atoms with Crippen LogP contribution in [0, 0.1) is 0 Å². The molecule has 1 aromatic heterocycles. The molecular formula is C28H33N3O3. The molecule has 0 bridgehead atoms. The molecule has 0 radical (unpaired) electrons. The van der Waals surface area contributed by atoms with Crippen molar-refractivity contribution in [1.82, 2.24) is 9.97 Å². The average Bonchev–Trinajstić information content (AvgIpc) is 2.83. The number of hydrogen-bond acceptors (Lipinski definition) is 6. The van der Waals surface area contributed by atoms with Gasteiger partial charge in [0.05, 0.1) is 12.3 Å².